The van der Waals surface area contributed by atoms with E-state index in [-0.39, 0.29) is 18.2 Å². The fraction of sp³-hybridized carbons (Fsp3) is 0.0714. The zero-order valence-electron chi connectivity index (χ0n) is 19.7. The van der Waals surface area contributed by atoms with Crippen LogP contribution in [0.4, 0.5) is 0 Å². The van der Waals surface area contributed by atoms with Crippen LogP contribution in [-0.2, 0) is 0 Å². The van der Waals surface area contributed by atoms with E-state index in [1.54, 1.807) is 34.8 Å². The van der Waals surface area contributed by atoms with E-state index in [9.17, 15) is 4.79 Å². The second-order valence-corrected chi connectivity index (χ2v) is 9.91. The highest BCUT2D eigenvalue weighted by Gasteiger charge is 2.38. The Morgan fingerprint density at radius 1 is 0.949 bits per heavy atom. The summed E-state index contributed by atoms with van der Waals surface area (Å²) in [5.41, 5.74) is 2.45. The van der Waals surface area contributed by atoms with Gasteiger partial charge in [0, 0.05) is 15.6 Å². The fourth-order valence-corrected chi connectivity index (χ4v) is 5.65. The highest BCUT2D eigenvalue weighted by molar-refractivity contribution is 6.35. The van der Waals surface area contributed by atoms with E-state index in [1.165, 1.54) is 6.33 Å². The van der Waals surface area contributed by atoms with Crippen molar-refractivity contribution in [1.82, 2.24) is 19.6 Å². The normalized spacial score (nSPS) is 15.3. The minimum atomic E-state index is -0.723. The van der Waals surface area contributed by atoms with Crippen LogP contribution in [0.1, 0.15) is 22.6 Å². The molecule has 6 aromatic rings. The van der Waals surface area contributed by atoms with Crippen molar-refractivity contribution in [2.75, 3.05) is 6.79 Å². The van der Waals surface area contributed by atoms with Gasteiger partial charge in [-0.15, -0.1) is 5.10 Å². The van der Waals surface area contributed by atoms with Crippen molar-refractivity contribution in [3.63, 3.8) is 0 Å². The van der Waals surface area contributed by atoms with Crippen LogP contribution in [0.3, 0.4) is 0 Å². The molecule has 9 nitrogen and oxygen atoms in total. The van der Waals surface area contributed by atoms with Gasteiger partial charge < -0.3 is 18.6 Å². The van der Waals surface area contributed by atoms with Crippen molar-refractivity contribution in [1.29, 1.82) is 0 Å². The number of ether oxygens (including phenoxy) is 3. The van der Waals surface area contributed by atoms with E-state index in [1.807, 2.05) is 30.3 Å². The number of rotatable bonds is 2. The summed E-state index contributed by atoms with van der Waals surface area (Å²) in [6, 6.07) is 17.8. The first-order valence-corrected chi connectivity index (χ1v) is 12.6. The third-order valence-electron chi connectivity index (χ3n) is 6.87. The highest BCUT2D eigenvalue weighted by Crippen LogP contribution is 2.50. The summed E-state index contributed by atoms with van der Waals surface area (Å²) < 4.78 is 24.5. The predicted octanol–water partition coefficient (Wildman–Crippen LogP) is 6.22. The van der Waals surface area contributed by atoms with Crippen molar-refractivity contribution < 1.29 is 18.6 Å². The monoisotopic (exact) mass is 556 g/mol. The summed E-state index contributed by atoms with van der Waals surface area (Å²) in [6.07, 6.45) is 1.52. The first-order valence-electron chi connectivity index (χ1n) is 11.9. The Kier molecular flexibility index (Phi) is 4.71. The molecule has 0 radical (unpaired) electrons. The number of aromatic nitrogens is 4. The minimum Gasteiger partial charge on any atom is -0.454 e. The number of fused-ring (bicyclic) bond motifs is 7. The van der Waals surface area contributed by atoms with Crippen molar-refractivity contribution in [3.05, 3.63) is 104 Å². The van der Waals surface area contributed by atoms with E-state index < -0.39 is 11.5 Å². The van der Waals surface area contributed by atoms with Gasteiger partial charge in [0.05, 0.1) is 22.4 Å². The molecule has 1 unspecified atom stereocenters. The van der Waals surface area contributed by atoms with Gasteiger partial charge in [-0.1, -0.05) is 41.4 Å². The van der Waals surface area contributed by atoms with E-state index in [2.05, 4.69) is 10.1 Å². The lowest BCUT2D eigenvalue weighted by molar-refractivity contribution is 0.174. The van der Waals surface area contributed by atoms with Gasteiger partial charge >= 0.3 is 5.63 Å². The zero-order valence-corrected chi connectivity index (χ0v) is 21.2. The van der Waals surface area contributed by atoms with Crippen molar-refractivity contribution in [2.45, 2.75) is 5.92 Å². The number of nitrogens with zero attached hydrogens (tertiary/aromatic N) is 4. The van der Waals surface area contributed by atoms with E-state index in [0.29, 0.717) is 60.9 Å². The number of halogens is 2. The summed E-state index contributed by atoms with van der Waals surface area (Å²) in [5, 5.41) is 6.12. The SMILES string of the molecule is O=c1oc2ccccc2c2c1C(c1ccc(Cl)cc1Cl)c1c(ncn3nc(-c4ccc5c(c4)OCO5)nc13)O2. The van der Waals surface area contributed by atoms with E-state index >= 15 is 0 Å². The maximum atomic E-state index is 13.5. The second kappa shape index (κ2) is 8.20. The first kappa shape index (κ1) is 22.4. The van der Waals surface area contributed by atoms with Crippen LogP contribution in [0.2, 0.25) is 10.0 Å². The van der Waals surface area contributed by atoms with Gasteiger partial charge in [-0.3, -0.25) is 0 Å². The average molecular weight is 557 g/mol. The summed E-state index contributed by atoms with van der Waals surface area (Å²) in [4.78, 5) is 22.9. The Hall–Kier alpha value is -4.60. The van der Waals surface area contributed by atoms with Gasteiger partial charge in [0.1, 0.15) is 11.9 Å². The molecule has 3 aromatic carbocycles. The molecule has 0 saturated heterocycles. The van der Waals surface area contributed by atoms with Crippen LogP contribution in [0.15, 0.2) is 76.2 Å². The lowest BCUT2D eigenvalue weighted by Gasteiger charge is -2.27. The Morgan fingerprint density at radius 2 is 1.82 bits per heavy atom. The maximum absolute atomic E-state index is 13.5. The Bertz CT molecular complexity index is 2050. The lowest BCUT2D eigenvalue weighted by Crippen LogP contribution is -2.22. The molecule has 2 aliphatic rings. The van der Waals surface area contributed by atoms with Gasteiger partial charge in [0.15, 0.2) is 28.7 Å². The van der Waals surface area contributed by atoms with Gasteiger partial charge in [-0.05, 0) is 48.0 Å². The third kappa shape index (κ3) is 3.33. The molecule has 0 bridgehead atoms. The summed E-state index contributed by atoms with van der Waals surface area (Å²) in [6.45, 7) is 0.159. The van der Waals surface area contributed by atoms with Gasteiger partial charge in [-0.2, -0.15) is 0 Å². The zero-order chi connectivity index (χ0) is 26.2. The maximum Gasteiger partial charge on any atom is 0.344 e. The summed E-state index contributed by atoms with van der Waals surface area (Å²) in [5.74, 6) is 1.62. The molecule has 1 atom stereocenters. The van der Waals surface area contributed by atoms with E-state index in [0.717, 1.165) is 5.56 Å². The van der Waals surface area contributed by atoms with Crippen LogP contribution in [0, 0.1) is 0 Å². The molecule has 2 aliphatic heterocycles. The summed E-state index contributed by atoms with van der Waals surface area (Å²) >= 11 is 13.0. The van der Waals surface area contributed by atoms with Crippen LogP contribution in [-0.4, -0.2) is 26.4 Å². The Labute approximate surface area is 229 Å². The topological polar surface area (TPSA) is 101 Å². The van der Waals surface area contributed by atoms with Crippen molar-refractivity contribution >= 4 is 39.8 Å². The molecule has 0 aliphatic carbocycles. The largest absolute Gasteiger partial charge is 0.454 e. The standard InChI is InChI=1S/C28H14Cl2N4O5/c29-14-6-7-15(17(30)10-14)21-22-24(16-3-1-2-4-18(16)38-28(22)35)39-27-23(21)26-32-25(33-34(26)11-31-27)13-5-8-19-20(9-13)37-12-36-19/h1-11,21H,12H2. The van der Waals surface area contributed by atoms with Gasteiger partial charge in [-0.25, -0.2) is 19.3 Å². The molecule has 8 rings (SSSR count). The first-order chi connectivity index (χ1) is 19.0. The third-order valence-corrected chi connectivity index (χ3v) is 7.43. The number of hydrogen-bond donors (Lipinski definition) is 0. The van der Waals surface area contributed by atoms with E-state index in [4.69, 9.17) is 46.8 Å². The predicted molar refractivity (Wildman–Crippen MR) is 142 cm³/mol. The van der Waals surface area contributed by atoms with Crippen LogP contribution < -0.4 is 19.8 Å². The number of benzene rings is 3. The summed E-state index contributed by atoms with van der Waals surface area (Å²) in [7, 11) is 0. The van der Waals surface area contributed by atoms with Crippen LogP contribution in [0.25, 0.3) is 28.0 Å². The quantitative estimate of drug-likeness (QED) is 0.231. The number of hydrogen-bond acceptors (Lipinski definition) is 8. The van der Waals surface area contributed by atoms with Crippen LogP contribution in [0.5, 0.6) is 23.1 Å². The fourth-order valence-electron chi connectivity index (χ4n) is 5.13. The van der Waals surface area contributed by atoms with Gasteiger partial charge in [0.2, 0.25) is 12.7 Å². The molecular formula is C28H14Cl2N4O5. The van der Waals surface area contributed by atoms with Gasteiger partial charge in [0.25, 0.3) is 0 Å². The molecule has 0 spiro atoms. The molecule has 0 amide bonds. The van der Waals surface area contributed by atoms with Crippen LogP contribution >= 0.6 is 23.2 Å². The average Bonchev–Trinajstić information content (AvgIpc) is 3.59. The molecule has 0 fully saturated rings. The molecule has 0 N–H and O–H groups in total. The van der Waals surface area contributed by atoms with Crippen molar-refractivity contribution in [3.8, 4) is 34.5 Å². The smallest absolute Gasteiger partial charge is 0.344 e. The second-order valence-electron chi connectivity index (χ2n) is 9.06. The molecule has 3 aromatic heterocycles. The highest BCUT2D eigenvalue weighted by atomic mass is 35.5. The molecule has 11 heteroatoms. The minimum absolute atomic E-state index is 0.159. The number of para-hydroxylation sites is 1. The Balaban J connectivity index is 1.41. The molecular weight excluding hydrogens is 543 g/mol. The molecule has 190 valence electrons. The Morgan fingerprint density at radius 3 is 2.72 bits per heavy atom. The lowest BCUT2D eigenvalue weighted by atomic mass is 9.84. The molecule has 39 heavy (non-hydrogen) atoms. The molecule has 0 saturated carbocycles. The molecule has 5 heterocycles. The van der Waals surface area contributed by atoms with Crippen molar-refractivity contribution in [2.24, 2.45) is 0 Å².